The third kappa shape index (κ3) is 3.32. The van der Waals surface area contributed by atoms with Gasteiger partial charge in [-0.3, -0.25) is 5.43 Å². The fourth-order valence-electron chi connectivity index (χ4n) is 2.67. The van der Waals surface area contributed by atoms with Crippen LogP contribution in [0.5, 0.6) is 0 Å². The zero-order valence-electron chi connectivity index (χ0n) is 13.5. The SMILES string of the molecule is Fc1ccc(-c2csc(N/N=C\c3cccc4ccccc34)n2)c(F)c1. The van der Waals surface area contributed by atoms with Crippen molar-refractivity contribution in [3.8, 4) is 11.3 Å². The third-order valence-corrected chi connectivity index (χ3v) is 4.65. The summed E-state index contributed by atoms with van der Waals surface area (Å²) in [6.07, 6.45) is 1.72. The first-order valence-corrected chi connectivity index (χ1v) is 8.76. The number of halogens is 2. The van der Waals surface area contributed by atoms with Crippen LogP contribution in [0.1, 0.15) is 5.56 Å². The Bertz CT molecular complexity index is 1100. The summed E-state index contributed by atoms with van der Waals surface area (Å²) in [6.45, 7) is 0. The molecule has 0 unspecified atom stereocenters. The van der Waals surface area contributed by atoms with Crippen LogP contribution in [-0.4, -0.2) is 11.2 Å². The molecule has 3 nitrogen and oxygen atoms in total. The third-order valence-electron chi connectivity index (χ3n) is 3.90. The van der Waals surface area contributed by atoms with Crippen molar-refractivity contribution < 1.29 is 8.78 Å². The minimum Gasteiger partial charge on any atom is -0.253 e. The number of anilines is 1. The largest absolute Gasteiger partial charge is 0.253 e. The summed E-state index contributed by atoms with van der Waals surface area (Å²) in [6, 6.07) is 17.5. The van der Waals surface area contributed by atoms with Crippen molar-refractivity contribution in [1.82, 2.24) is 4.98 Å². The van der Waals surface area contributed by atoms with E-state index in [4.69, 9.17) is 0 Å². The summed E-state index contributed by atoms with van der Waals surface area (Å²) >= 11 is 1.30. The maximum absolute atomic E-state index is 13.8. The molecule has 0 fully saturated rings. The number of nitrogens with zero attached hydrogens (tertiary/aromatic N) is 2. The molecule has 128 valence electrons. The van der Waals surface area contributed by atoms with Gasteiger partial charge < -0.3 is 0 Å². The standard InChI is InChI=1S/C20H13F2N3S/c21-15-8-9-17(18(22)10-15)19-12-26-20(24-19)25-23-11-14-6-3-5-13-4-1-2-7-16(13)14/h1-12H,(H,24,25)/b23-11-. The lowest BCUT2D eigenvalue weighted by Gasteiger charge is -2.01. The highest BCUT2D eigenvalue weighted by molar-refractivity contribution is 7.14. The Morgan fingerprint density at radius 3 is 2.73 bits per heavy atom. The van der Waals surface area contributed by atoms with Crippen molar-refractivity contribution in [3.63, 3.8) is 0 Å². The van der Waals surface area contributed by atoms with Gasteiger partial charge in [0.2, 0.25) is 5.13 Å². The van der Waals surface area contributed by atoms with Gasteiger partial charge in [-0.15, -0.1) is 11.3 Å². The van der Waals surface area contributed by atoms with Crippen LogP contribution in [0.3, 0.4) is 0 Å². The number of fused-ring (bicyclic) bond motifs is 1. The maximum atomic E-state index is 13.8. The number of rotatable bonds is 4. The molecule has 0 bridgehead atoms. The molecule has 3 aromatic carbocycles. The monoisotopic (exact) mass is 365 g/mol. The molecule has 0 atom stereocenters. The van der Waals surface area contributed by atoms with Gasteiger partial charge in [0.05, 0.1) is 11.9 Å². The van der Waals surface area contributed by atoms with E-state index in [0.29, 0.717) is 10.8 Å². The molecule has 1 N–H and O–H groups in total. The van der Waals surface area contributed by atoms with Crippen LogP contribution in [-0.2, 0) is 0 Å². The fourth-order valence-corrected chi connectivity index (χ4v) is 3.33. The van der Waals surface area contributed by atoms with Crippen LogP contribution in [0.25, 0.3) is 22.0 Å². The first-order chi connectivity index (χ1) is 12.7. The lowest BCUT2D eigenvalue weighted by molar-refractivity contribution is 0.585. The van der Waals surface area contributed by atoms with E-state index in [1.807, 2.05) is 42.5 Å². The first-order valence-electron chi connectivity index (χ1n) is 7.88. The van der Waals surface area contributed by atoms with E-state index >= 15 is 0 Å². The van der Waals surface area contributed by atoms with Crippen LogP contribution in [0.2, 0.25) is 0 Å². The highest BCUT2D eigenvalue weighted by Gasteiger charge is 2.10. The molecule has 0 aliphatic rings. The Balaban J connectivity index is 1.53. The van der Waals surface area contributed by atoms with Gasteiger partial charge in [-0.2, -0.15) is 5.10 Å². The van der Waals surface area contributed by atoms with Crippen LogP contribution >= 0.6 is 11.3 Å². The topological polar surface area (TPSA) is 37.3 Å². The van der Waals surface area contributed by atoms with Crippen molar-refractivity contribution in [1.29, 1.82) is 0 Å². The molecule has 1 aromatic heterocycles. The molecule has 0 spiro atoms. The second-order valence-electron chi connectivity index (χ2n) is 5.60. The van der Waals surface area contributed by atoms with Gasteiger partial charge in [-0.1, -0.05) is 42.5 Å². The molecule has 0 amide bonds. The van der Waals surface area contributed by atoms with E-state index in [0.717, 1.165) is 22.4 Å². The molecule has 0 saturated heterocycles. The lowest BCUT2D eigenvalue weighted by atomic mass is 10.1. The van der Waals surface area contributed by atoms with Gasteiger partial charge in [-0.05, 0) is 22.9 Å². The van der Waals surface area contributed by atoms with E-state index in [1.54, 1.807) is 11.6 Å². The Kier molecular flexibility index (Phi) is 4.41. The predicted molar refractivity (Wildman–Crippen MR) is 103 cm³/mol. The second-order valence-corrected chi connectivity index (χ2v) is 6.46. The summed E-state index contributed by atoms with van der Waals surface area (Å²) < 4.78 is 26.9. The molecular weight excluding hydrogens is 352 g/mol. The Hall–Kier alpha value is -3.12. The summed E-state index contributed by atoms with van der Waals surface area (Å²) in [5.74, 6) is -1.25. The number of hydrazone groups is 1. The zero-order chi connectivity index (χ0) is 17.9. The Labute approximate surface area is 152 Å². The Morgan fingerprint density at radius 2 is 1.85 bits per heavy atom. The summed E-state index contributed by atoms with van der Waals surface area (Å²) in [4.78, 5) is 4.30. The molecule has 4 aromatic rings. The number of hydrogen-bond donors (Lipinski definition) is 1. The minimum absolute atomic E-state index is 0.258. The van der Waals surface area contributed by atoms with Gasteiger partial charge in [0.15, 0.2) is 0 Å². The van der Waals surface area contributed by atoms with Gasteiger partial charge in [0.1, 0.15) is 11.6 Å². The Morgan fingerprint density at radius 1 is 1.00 bits per heavy atom. The van der Waals surface area contributed by atoms with Gasteiger partial charge in [0, 0.05) is 22.6 Å². The molecule has 1 heterocycles. The van der Waals surface area contributed by atoms with Gasteiger partial charge >= 0.3 is 0 Å². The van der Waals surface area contributed by atoms with E-state index in [9.17, 15) is 8.78 Å². The van der Waals surface area contributed by atoms with Crippen molar-refractivity contribution in [2.45, 2.75) is 0 Å². The highest BCUT2D eigenvalue weighted by Crippen LogP contribution is 2.27. The molecule has 26 heavy (non-hydrogen) atoms. The smallest absolute Gasteiger partial charge is 0.203 e. The van der Waals surface area contributed by atoms with E-state index in [1.165, 1.54) is 23.5 Å². The number of benzene rings is 3. The quantitative estimate of drug-likeness (QED) is 0.373. The number of thiazole rings is 1. The predicted octanol–water partition coefficient (Wildman–Crippen LogP) is 5.69. The van der Waals surface area contributed by atoms with Crippen molar-refractivity contribution >= 4 is 33.5 Å². The normalized spacial score (nSPS) is 11.3. The molecule has 0 radical (unpaired) electrons. The van der Waals surface area contributed by atoms with Crippen LogP contribution in [0.15, 0.2) is 71.1 Å². The van der Waals surface area contributed by atoms with Gasteiger partial charge in [0.25, 0.3) is 0 Å². The lowest BCUT2D eigenvalue weighted by Crippen LogP contribution is -1.92. The average Bonchev–Trinajstić information content (AvgIpc) is 3.10. The van der Waals surface area contributed by atoms with E-state index in [-0.39, 0.29) is 5.56 Å². The highest BCUT2D eigenvalue weighted by atomic mass is 32.1. The van der Waals surface area contributed by atoms with Crippen molar-refractivity contribution in [2.24, 2.45) is 5.10 Å². The fraction of sp³-hybridized carbons (Fsp3) is 0. The maximum Gasteiger partial charge on any atom is 0.203 e. The minimum atomic E-state index is -0.638. The molecular formula is C20H13F2N3S. The van der Waals surface area contributed by atoms with Crippen molar-refractivity contribution in [3.05, 3.63) is 83.2 Å². The van der Waals surface area contributed by atoms with Crippen LogP contribution in [0.4, 0.5) is 13.9 Å². The van der Waals surface area contributed by atoms with E-state index in [2.05, 4.69) is 15.5 Å². The number of nitrogens with one attached hydrogen (secondary N) is 1. The van der Waals surface area contributed by atoms with Crippen LogP contribution in [0, 0.1) is 11.6 Å². The molecule has 0 aliphatic carbocycles. The molecule has 0 aliphatic heterocycles. The van der Waals surface area contributed by atoms with Crippen molar-refractivity contribution in [2.75, 3.05) is 5.43 Å². The average molecular weight is 365 g/mol. The zero-order valence-corrected chi connectivity index (χ0v) is 14.3. The summed E-state index contributed by atoms with van der Waals surface area (Å²) in [5, 5.41) is 8.70. The first kappa shape index (κ1) is 16.4. The number of hydrogen-bond acceptors (Lipinski definition) is 4. The van der Waals surface area contributed by atoms with Gasteiger partial charge in [-0.25, -0.2) is 13.8 Å². The molecule has 4 rings (SSSR count). The van der Waals surface area contributed by atoms with Crippen LogP contribution < -0.4 is 5.43 Å². The summed E-state index contributed by atoms with van der Waals surface area (Å²) in [7, 11) is 0. The molecule has 0 saturated carbocycles. The van der Waals surface area contributed by atoms with E-state index < -0.39 is 11.6 Å². The molecule has 6 heteroatoms. The second kappa shape index (κ2) is 7.01. The summed E-state index contributed by atoms with van der Waals surface area (Å²) in [5.41, 5.74) is 4.54. The number of aromatic nitrogens is 1.